The molecule has 4 rings (SSSR count). The molecule has 0 spiro atoms. The normalized spacial score (nSPS) is 24.1. The molecule has 3 heteroatoms. The molecule has 94 valence electrons. The molecule has 1 aromatic carbocycles. The number of H-pyrrole nitrogens is 1. The van der Waals surface area contributed by atoms with Gasteiger partial charge in [-0.05, 0) is 43.0 Å². The van der Waals surface area contributed by atoms with Crippen molar-refractivity contribution in [2.75, 3.05) is 6.61 Å². The van der Waals surface area contributed by atoms with Crippen LogP contribution in [0.1, 0.15) is 12.8 Å². The van der Waals surface area contributed by atoms with Crippen LogP contribution in [0.25, 0.3) is 11.3 Å². The molecule has 2 heterocycles. The molecule has 1 N–H and O–H groups in total. The third kappa shape index (κ3) is 2.62. The summed E-state index contributed by atoms with van der Waals surface area (Å²) in [6, 6.07) is 10.3. The van der Waals surface area contributed by atoms with E-state index in [4.69, 9.17) is 4.74 Å². The van der Waals surface area contributed by atoms with Crippen LogP contribution in [-0.4, -0.2) is 17.7 Å². The summed E-state index contributed by atoms with van der Waals surface area (Å²) >= 11 is 0. The van der Waals surface area contributed by atoms with Crippen molar-refractivity contribution < 1.29 is 9.13 Å². The van der Waals surface area contributed by atoms with Crippen LogP contribution in [0.15, 0.2) is 42.6 Å². The van der Waals surface area contributed by atoms with Crippen molar-refractivity contribution in [2.45, 2.75) is 18.9 Å². The Labute approximate surface area is 106 Å². The van der Waals surface area contributed by atoms with Gasteiger partial charge in [0.25, 0.3) is 0 Å². The number of halogens is 1. The zero-order chi connectivity index (χ0) is 12.4. The first-order valence-electron chi connectivity index (χ1n) is 6.34. The van der Waals surface area contributed by atoms with Gasteiger partial charge < -0.3 is 9.72 Å². The maximum absolute atomic E-state index is 12.7. The summed E-state index contributed by atoms with van der Waals surface area (Å²) in [4.78, 5) is 3.01. The van der Waals surface area contributed by atoms with Crippen LogP contribution in [0.5, 0.6) is 0 Å². The van der Waals surface area contributed by atoms with E-state index >= 15 is 0 Å². The Morgan fingerprint density at radius 2 is 2.17 bits per heavy atom. The fourth-order valence-electron chi connectivity index (χ4n) is 2.26. The van der Waals surface area contributed by atoms with Crippen molar-refractivity contribution in [3.63, 3.8) is 0 Å². The molecule has 1 aromatic heterocycles. The summed E-state index contributed by atoms with van der Waals surface area (Å²) in [5.74, 6) is 0.784. The molecule has 2 nitrogen and oxygen atoms in total. The van der Waals surface area contributed by atoms with E-state index in [1.54, 1.807) is 6.07 Å². The van der Waals surface area contributed by atoms with Crippen molar-refractivity contribution in [1.29, 1.82) is 0 Å². The summed E-state index contributed by atoms with van der Waals surface area (Å²) in [5.41, 5.74) is 1.81. The minimum Gasteiger partial charge on any atom is -0.378 e. The third-order valence-corrected chi connectivity index (χ3v) is 3.41. The van der Waals surface area contributed by atoms with Gasteiger partial charge in [0, 0.05) is 24.1 Å². The molecule has 1 saturated carbocycles. The van der Waals surface area contributed by atoms with E-state index in [0.29, 0.717) is 6.10 Å². The molecule has 2 atom stereocenters. The maximum Gasteiger partial charge on any atom is 0.123 e. The Kier molecular flexibility index (Phi) is 3.15. The molecule has 1 saturated heterocycles. The molecule has 0 radical (unpaired) electrons. The molecule has 2 aromatic rings. The lowest BCUT2D eigenvalue weighted by Gasteiger charge is -1.96. The number of hydrogen-bond acceptors (Lipinski definition) is 1. The van der Waals surface area contributed by atoms with E-state index < -0.39 is 0 Å². The molecule has 1 aliphatic heterocycles. The standard InChI is InChI=1S/C10H8FN.C5H8O/c11-9-4-1-3-8(7-9)10-5-2-6-12-10;1-2-6-5-3-4(1)5/h1-7,12H;4-5H,1-3H2. The van der Waals surface area contributed by atoms with Crippen molar-refractivity contribution in [1.82, 2.24) is 4.98 Å². The Hall–Kier alpha value is -1.61. The first kappa shape index (κ1) is 11.5. The predicted molar refractivity (Wildman–Crippen MR) is 68.7 cm³/mol. The van der Waals surface area contributed by atoms with Gasteiger partial charge in [-0.2, -0.15) is 0 Å². The van der Waals surface area contributed by atoms with Gasteiger partial charge in [0.15, 0.2) is 0 Å². The average Bonchev–Trinajstić information content (AvgIpc) is 2.86. The number of rotatable bonds is 1. The van der Waals surface area contributed by atoms with Gasteiger partial charge in [-0.15, -0.1) is 0 Å². The molecule has 2 aliphatic rings. The lowest BCUT2D eigenvalue weighted by atomic mass is 10.1. The summed E-state index contributed by atoms with van der Waals surface area (Å²) in [6.07, 6.45) is 5.23. The predicted octanol–water partition coefficient (Wildman–Crippen LogP) is 3.62. The van der Waals surface area contributed by atoms with Crippen LogP contribution in [0.3, 0.4) is 0 Å². The van der Waals surface area contributed by atoms with Gasteiger partial charge >= 0.3 is 0 Å². The van der Waals surface area contributed by atoms with E-state index in [2.05, 4.69) is 4.98 Å². The topological polar surface area (TPSA) is 25.0 Å². The highest BCUT2D eigenvalue weighted by molar-refractivity contribution is 5.58. The Balaban J connectivity index is 0.000000137. The Morgan fingerprint density at radius 1 is 1.22 bits per heavy atom. The largest absolute Gasteiger partial charge is 0.378 e. The maximum atomic E-state index is 12.7. The first-order chi connectivity index (χ1) is 8.83. The second kappa shape index (κ2) is 4.94. The summed E-state index contributed by atoms with van der Waals surface area (Å²) in [5, 5.41) is 0. The molecule has 2 unspecified atom stereocenters. The first-order valence-corrected chi connectivity index (χ1v) is 6.34. The number of benzene rings is 1. The van der Waals surface area contributed by atoms with Crippen molar-refractivity contribution >= 4 is 0 Å². The van der Waals surface area contributed by atoms with Crippen LogP contribution >= 0.6 is 0 Å². The van der Waals surface area contributed by atoms with Gasteiger partial charge in [-0.25, -0.2) is 4.39 Å². The monoisotopic (exact) mass is 245 g/mol. The third-order valence-electron chi connectivity index (χ3n) is 3.41. The van der Waals surface area contributed by atoms with Gasteiger partial charge in [0.1, 0.15) is 5.82 Å². The van der Waals surface area contributed by atoms with Crippen molar-refractivity contribution in [2.24, 2.45) is 5.92 Å². The summed E-state index contributed by atoms with van der Waals surface area (Å²) in [7, 11) is 0. The molecule has 2 fully saturated rings. The van der Waals surface area contributed by atoms with E-state index in [0.717, 1.165) is 23.8 Å². The molecular weight excluding hydrogens is 229 g/mol. The van der Waals surface area contributed by atoms with Crippen molar-refractivity contribution in [3.8, 4) is 11.3 Å². The number of ether oxygens (including phenoxy) is 1. The zero-order valence-electron chi connectivity index (χ0n) is 10.1. The quantitative estimate of drug-likeness (QED) is 0.815. The molecule has 0 amide bonds. The number of aromatic nitrogens is 1. The van der Waals surface area contributed by atoms with E-state index in [-0.39, 0.29) is 5.82 Å². The zero-order valence-corrected chi connectivity index (χ0v) is 10.1. The van der Waals surface area contributed by atoms with Crippen LogP contribution < -0.4 is 0 Å². The van der Waals surface area contributed by atoms with Gasteiger partial charge in [-0.1, -0.05) is 12.1 Å². The second-order valence-corrected chi connectivity index (χ2v) is 4.79. The lowest BCUT2D eigenvalue weighted by molar-refractivity contribution is 0.156. The van der Waals surface area contributed by atoms with Gasteiger partial charge in [0.05, 0.1) is 6.10 Å². The minimum atomic E-state index is -0.206. The van der Waals surface area contributed by atoms with E-state index in [1.165, 1.54) is 25.0 Å². The highest BCUT2D eigenvalue weighted by atomic mass is 19.1. The van der Waals surface area contributed by atoms with Crippen LogP contribution in [0, 0.1) is 11.7 Å². The van der Waals surface area contributed by atoms with Crippen molar-refractivity contribution in [3.05, 3.63) is 48.4 Å². The number of fused-ring (bicyclic) bond motifs is 1. The smallest absolute Gasteiger partial charge is 0.123 e. The second-order valence-electron chi connectivity index (χ2n) is 4.79. The van der Waals surface area contributed by atoms with Crippen LogP contribution in [0.2, 0.25) is 0 Å². The molecule has 0 bridgehead atoms. The fraction of sp³-hybridized carbons (Fsp3) is 0.333. The number of aromatic amines is 1. The Bertz CT molecular complexity index is 501. The minimum absolute atomic E-state index is 0.206. The number of hydrogen-bond donors (Lipinski definition) is 1. The van der Waals surface area contributed by atoms with Gasteiger partial charge in [-0.3, -0.25) is 0 Å². The van der Waals surface area contributed by atoms with Gasteiger partial charge in [0.2, 0.25) is 0 Å². The van der Waals surface area contributed by atoms with Crippen LogP contribution in [-0.2, 0) is 4.74 Å². The highest BCUT2D eigenvalue weighted by Gasteiger charge is 2.42. The Morgan fingerprint density at radius 3 is 2.67 bits per heavy atom. The van der Waals surface area contributed by atoms with Crippen LogP contribution in [0.4, 0.5) is 4.39 Å². The fourth-order valence-corrected chi connectivity index (χ4v) is 2.26. The molecule has 18 heavy (non-hydrogen) atoms. The average molecular weight is 245 g/mol. The molecule has 1 aliphatic carbocycles. The van der Waals surface area contributed by atoms with E-state index in [1.807, 2.05) is 24.4 Å². The highest BCUT2D eigenvalue weighted by Crippen LogP contribution is 2.41. The summed E-state index contributed by atoms with van der Waals surface area (Å²) < 4.78 is 18.0. The number of nitrogens with one attached hydrogen (secondary N) is 1. The summed E-state index contributed by atoms with van der Waals surface area (Å²) in [6.45, 7) is 1.04. The van der Waals surface area contributed by atoms with E-state index in [9.17, 15) is 4.39 Å². The molecular formula is C15H16FNO. The SMILES string of the molecule is C1CC2CC2O1.Fc1cccc(-c2ccc[nH]2)c1. The lowest BCUT2D eigenvalue weighted by Crippen LogP contribution is -1.84.